The first-order valence-corrected chi connectivity index (χ1v) is 6.57. The van der Waals surface area contributed by atoms with E-state index in [-0.39, 0.29) is 0 Å². The van der Waals surface area contributed by atoms with E-state index in [2.05, 4.69) is 20.8 Å². The van der Waals surface area contributed by atoms with E-state index in [1.165, 1.54) is 25.7 Å². The third-order valence-electron chi connectivity index (χ3n) is 3.92. The van der Waals surface area contributed by atoms with Gasteiger partial charge in [-0.25, -0.2) is 0 Å². The lowest BCUT2D eigenvalue weighted by Gasteiger charge is -2.34. The Bertz CT molecular complexity index is 186. The van der Waals surface area contributed by atoms with Crippen LogP contribution in [0.15, 0.2) is 0 Å². The van der Waals surface area contributed by atoms with Gasteiger partial charge in [-0.2, -0.15) is 0 Å². The number of hydrogen-bond acceptors (Lipinski definition) is 1. The van der Waals surface area contributed by atoms with Crippen LogP contribution in [0.1, 0.15) is 59.3 Å². The summed E-state index contributed by atoms with van der Waals surface area (Å²) in [6.07, 6.45) is 8.50. The molecule has 0 bridgehead atoms. The zero-order chi connectivity index (χ0) is 11.3. The zero-order valence-electron chi connectivity index (χ0n) is 10.5. The average molecular weight is 210 g/mol. The predicted octanol–water partition coefficient (Wildman–Crippen LogP) is 4.06. The highest BCUT2D eigenvalue weighted by Gasteiger charge is 2.27. The van der Waals surface area contributed by atoms with Crippen LogP contribution in [-0.4, -0.2) is 6.29 Å². The lowest BCUT2D eigenvalue weighted by Crippen LogP contribution is -2.23. The van der Waals surface area contributed by atoms with Gasteiger partial charge >= 0.3 is 0 Å². The molecule has 0 unspecified atom stereocenters. The fourth-order valence-electron chi connectivity index (χ4n) is 3.16. The second kappa shape index (κ2) is 6.30. The fraction of sp³-hybridized carbons (Fsp3) is 0.929. The smallest absolute Gasteiger partial charge is 0.120 e. The fourth-order valence-corrected chi connectivity index (χ4v) is 3.16. The van der Waals surface area contributed by atoms with E-state index >= 15 is 0 Å². The van der Waals surface area contributed by atoms with Gasteiger partial charge in [0.1, 0.15) is 6.29 Å². The van der Waals surface area contributed by atoms with E-state index in [1.807, 2.05) is 0 Å². The zero-order valence-corrected chi connectivity index (χ0v) is 10.5. The molecule has 1 heteroatoms. The van der Waals surface area contributed by atoms with Gasteiger partial charge in [0.2, 0.25) is 0 Å². The lowest BCUT2D eigenvalue weighted by molar-refractivity contribution is -0.108. The monoisotopic (exact) mass is 210 g/mol. The molecule has 0 N–H and O–H groups in total. The van der Waals surface area contributed by atoms with Gasteiger partial charge in [-0.1, -0.05) is 27.2 Å². The minimum atomic E-state index is 0.768. The Balaban J connectivity index is 2.30. The molecule has 1 fully saturated rings. The standard InChI is InChI=1S/C14H26O/c1-11(2)9-13-6-7-14(5-4-8-15)12(3)10-13/h8,11-14H,4-7,9-10H2,1-3H3/t12-,13+,14-/m1/s1. The van der Waals surface area contributed by atoms with Crippen molar-refractivity contribution in [2.45, 2.75) is 59.3 Å². The van der Waals surface area contributed by atoms with Crippen LogP contribution in [0, 0.1) is 23.7 Å². The van der Waals surface area contributed by atoms with Gasteiger partial charge in [0.05, 0.1) is 0 Å². The van der Waals surface area contributed by atoms with E-state index in [4.69, 9.17) is 0 Å². The maximum atomic E-state index is 10.4. The summed E-state index contributed by atoms with van der Waals surface area (Å²) < 4.78 is 0. The van der Waals surface area contributed by atoms with E-state index in [0.29, 0.717) is 0 Å². The van der Waals surface area contributed by atoms with Crippen LogP contribution in [0.3, 0.4) is 0 Å². The summed E-state index contributed by atoms with van der Waals surface area (Å²) in [6.45, 7) is 7.02. The van der Waals surface area contributed by atoms with Gasteiger partial charge in [0.15, 0.2) is 0 Å². The van der Waals surface area contributed by atoms with Crippen molar-refractivity contribution in [2.75, 3.05) is 0 Å². The maximum absolute atomic E-state index is 10.4. The van der Waals surface area contributed by atoms with E-state index in [9.17, 15) is 4.79 Å². The summed E-state index contributed by atoms with van der Waals surface area (Å²) >= 11 is 0. The van der Waals surface area contributed by atoms with Gasteiger partial charge in [-0.05, 0) is 49.4 Å². The van der Waals surface area contributed by atoms with Crippen molar-refractivity contribution in [3.8, 4) is 0 Å². The SMILES string of the molecule is CC(C)C[C@@H]1CC[C@@H](CCC=O)[C@H](C)C1. The van der Waals surface area contributed by atoms with Crippen molar-refractivity contribution in [2.24, 2.45) is 23.7 Å². The molecule has 15 heavy (non-hydrogen) atoms. The van der Waals surface area contributed by atoms with E-state index in [0.717, 1.165) is 42.8 Å². The van der Waals surface area contributed by atoms with Crippen LogP contribution in [0.25, 0.3) is 0 Å². The Morgan fingerprint density at radius 3 is 2.60 bits per heavy atom. The van der Waals surface area contributed by atoms with Crippen LogP contribution in [0.2, 0.25) is 0 Å². The van der Waals surface area contributed by atoms with Crippen LogP contribution in [0.4, 0.5) is 0 Å². The Hall–Kier alpha value is -0.330. The summed E-state index contributed by atoms with van der Waals surface area (Å²) in [5.41, 5.74) is 0. The molecule has 88 valence electrons. The molecule has 0 aromatic carbocycles. The summed E-state index contributed by atoms with van der Waals surface area (Å²) in [6, 6.07) is 0. The summed E-state index contributed by atoms with van der Waals surface area (Å²) in [5, 5.41) is 0. The van der Waals surface area contributed by atoms with Crippen molar-refractivity contribution in [3.05, 3.63) is 0 Å². The molecule has 1 aliphatic rings. The molecule has 0 saturated heterocycles. The normalized spacial score (nSPS) is 31.9. The molecule has 1 saturated carbocycles. The van der Waals surface area contributed by atoms with Crippen molar-refractivity contribution >= 4 is 6.29 Å². The molecule has 1 nitrogen and oxygen atoms in total. The molecule has 0 radical (unpaired) electrons. The highest BCUT2D eigenvalue weighted by molar-refractivity contribution is 5.49. The first-order valence-electron chi connectivity index (χ1n) is 6.57. The first kappa shape index (κ1) is 12.7. The predicted molar refractivity (Wildman–Crippen MR) is 64.7 cm³/mol. The number of rotatable bonds is 5. The summed E-state index contributed by atoms with van der Waals surface area (Å²) in [5.74, 6) is 3.45. The first-order chi connectivity index (χ1) is 7.13. The molecule has 1 rings (SSSR count). The molecule has 3 atom stereocenters. The van der Waals surface area contributed by atoms with Crippen LogP contribution < -0.4 is 0 Å². The molecule has 0 spiro atoms. The number of carbonyl (C=O) groups is 1. The summed E-state index contributed by atoms with van der Waals surface area (Å²) in [7, 11) is 0. The molecular weight excluding hydrogens is 184 g/mol. The van der Waals surface area contributed by atoms with Crippen LogP contribution >= 0.6 is 0 Å². The van der Waals surface area contributed by atoms with Crippen molar-refractivity contribution < 1.29 is 4.79 Å². The molecule has 1 aliphatic carbocycles. The van der Waals surface area contributed by atoms with Crippen molar-refractivity contribution in [3.63, 3.8) is 0 Å². The Labute approximate surface area is 94.6 Å². The molecule has 0 amide bonds. The molecule has 0 aromatic heterocycles. The highest BCUT2D eigenvalue weighted by Crippen LogP contribution is 2.38. The quantitative estimate of drug-likeness (QED) is 0.625. The van der Waals surface area contributed by atoms with Gasteiger partial charge in [0, 0.05) is 6.42 Å². The second-order valence-corrected chi connectivity index (χ2v) is 5.79. The maximum Gasteiger partial charge on any atom is 0.120 e. The lowest BCUT2D eigenvalue weighted by atomic mass is 9.71. The van der Waals surface area contributed by atoms with Gasteiger partial charge in [0.25, 0.3) is 0 Å². The van der Waals surface area contributed by atoms with Gasteiger partial charge < -0.3 is 4.79 Å². The molecule has 0 heterocycles. The minimum Gasteiger partial charge on any atom is -0.303 e. The Morgan fingerprint density at radius 2 is 2.07 bits per heavy atom. The summed E-state index contributed by atoms with van der Waals surface area (Å²) in [4.78, 5) is 10.4. The second-order valence-electron chi connectivity index (χ2n) is 5.79. The van der Waals surface area contributed by atoms with E-state index < -0.39 is 0 Å². The molecule has 0 aliphatic heterocycles. The highest BCUT2D eigenvalue weighted by atomic mass is 16.1. The van der Waals surface area contributed by atoms with Crippen LogP contribution in [-0.2, 0) is 4.79 Å². The average Bonchev–Trinajstić information content (AvgIpc) is 2.15. The third-order valence-corrected chi connectivity index (χ3v) is 3.92. The van der Waals surface area contributed by atoms with Crippen molar-refractivity contribution in [1.29, 1.82) is 0 Å². The number of hydrogen-bond donors (Lipinski definition) is 0. The van der Waals surface area contributed by atoms with Gasteiger partial charge in [-0.3, -0.25) is 0 Å². The topological polar surface area (TPSA) is 17.1 Å². The third kappa shape index (κ3) is 4.36. The van der Waals surface area contributed by atoms with Gasteiger partial charge in [-0.15, -0.1) is 0 Å². The number of carbonyl (C=O) groups excluding carboxylic acids is 1. The number of aldehydes is 1. The Morgan fingerprint density at radius 1 is 1.33 bits per heavy atom. The van der Waals surface area contributed by atoms with E-state index in [1.54, 1.807) is 0 Å². The molecular formula is C14H26O. The minimum absolute atomic E-state index is 0.768. The molecule has 0 aromatic rings. The van der Waals surface area contributed by atoms with Crippen LogP contribution in [0.5, 0.6) is 0 Å². The Kier molecular flexibility index (Phi) is 5.35. The largest absolute Gasteiger partial charge is 0.303 e. The van der Waals surface area contributed by atoms with Crippen molar-refractivity contribution in [1.82, 2.24) is 0 Å².